The molecule has 2 aromatic heterocycles. The molecule has 0 saturated heterocycles. The smallest absolute Gasteiger partial charge is 0.329 e. The summed E-state index contributed by atoms with van der Waals surface area (Å²) in [5.41, 5.74) is 0.605. The van der Waals surface area contributed by atoms with Crippen molar-refractivity contribution in [3.05, 3.63) is 81.1 Å². The van der Waals surface area contributed by atoms with Crippen LogP contribution in [0.5, 0.6) is 0 Å². The van der Waals surface area contributed by atoms with Crippen molar-refractivity contribution >= 4 is 33.7 Å². The van der Waals surface area contributed by atoms with E-state index in [1.54, 1.807) is 30.5 Å². The number of fused-ring (bicyclic) bond motifs is 2. The van der Waals surface area contributed by atoms with Gasteiger partial charge in [-0.3, -0.25) is 14.2 Å². The fourth-order valence-electron chi connectivity index (χ4n) is 3.45. The number of benzene rings is 2. The first-order valence-corrected chi connectivity index (χ1v) is 9.23. The maximum absolute atomic E-state index is 12.5. The Bertz CT molecular complexity index is 1380. The van der Waals surface area contributed by atoms with Gasteiger partial charge in [-0.15, -0.1) is 0 Å². The van der Waals surface area contributed by atoms with Crippen LogP contribution in [-0.4, -0.2) is 37.6 Å². The quantitative estimate of drug-likeness (QED) is 0.378. The molecule has 30 heavy (non-hydrogen) atoms. The number of hydrogen-bond donors (Lipinski definition) is 4. The number of amides is 1. The first kappa shape index (κ1) is 19.2. The number of para-hydroxylation sites is 2. The van der Waals surface area contributed by atoms with Crippen LogP contribution in [0.3, 0.4) is 0 Å². The Labute approximate surface area is 169 Å². The van der Waals surface area contributed by atoms with E-state index >= 15 is 0 Å². The van der Waals surface area contributed by atoms with E-state index in [1.165, 1.54) is 0 Å². The average Bonchev–Trinajstić information content (AvgIpc) is 3.13. The second-order valence-corrected chi connectivity index (χ2v) is 6.89. The Morgan fingerprint density at radius 3 is 2.40 bits per heavy atom. The monoisotopic (exact) mass is 406 g/mol. The lowest BCUT2D eigenvalue weighted by Crippen LogP contribution is -2.46. The second kappa shape index (κ2) is 7.70. The summed E-state index contributed by atoms with van der Waals surface area (Å²) in [6, 6.07) is 12.7. The molecule has 0 radical (unpaired) electrons. The maximum atomic E-state index is 12.5. The molecular formula is C21H18N4O5. The summed E-state index contributed by atoms with van der Waals surface area (Å²) in [6.07, 6.45) is 1.75. The van der Waals surface area contributed by atoms with Crippen molar-refractivity contribution in [2.24, 2.45) is 0 Å². The molecule has 152 valence electrons. The van der Waals surface area contributed by atoms with Crippen LogP contribution in [0.25, 0.3) is 21.8 Å². The third-order valence-electron chi connectivity index (χ3n) is 4.92. The number of rotatable bonds is 6. The van der Waals surface area contributed by atoms with E-state index in [2.05, 4.69) is 15.3 Å². The Morgan fingerprint density at radius 1 is 1.00 bits per heavy atom. The number of aromatic nitrogens is 3. The maximum Gasteiger partial charge on any atom is 0.329 e. The Balaban J connectivity index is 1.56. The summed E-state index contributed by atoms with van der Waals surface area (Å²) in [5.74, 6) is -1.96. The highest BCUT2D eigenvalue weighted by Gasteiger charge is 2.22. The zero-order chi connectivity index (χ0) is 21.3. The minimum Gasteiger partial charge on any atom is -0.480 e. The van der Waals surface area contributed by atoms with Crippen LogP contribution >= 0.6 is 0 Å². The van der Waals surface area contributed by atoms with E-state index in [4.69, 9.17) is 0 Å². The zero-order valence-electron chi connectivity index (χ0n) is 15.7. The molecule has 0 aliphatic rings. The number of H-pyrrole nitrogens is 2. The highest BCUT2D eigenvalue weighted by atomic mass is 16.4. The standard InChI is InChI=1S/C21H18N4O5/c26-18(11-25-19(27)14-6-2-4-8-16(14)24-21(25)30)23-17(20(28)29)9-12-10-22-15-7-3-1-5-13(12)15/h1-8,10,17,22H,9,11H2,(H,23,26)(H,24,30)(H,28,29). The molecule has 0 spiro atoms. The van der Waals surface area contributed by atoms with Crippen LogP contribution in [0.1, 0.15) is 5.56 Å². The Morgan fingerprint density at radius 2 is 1.67 bits per heavy atom. The summed E-state index contributed by atoms with van der Waals surface area (Å²) in [7, 11) is 0. The van der Waals surface area contributed by atoms with Gasteiger partial charge in [-0.25, -0.2) is 9.59 Å². The number of aliphatic carboxylic acids is 1. The number of hydrogen-bond acceptors (Lipinski definition) is 4. The molecule has 0 aliphatic carbocycles. The lowest BCUT2D eigenvalue weighted by Gasteiger charge is -2.15. The number of carboxylic acids is 1. The molecule has 4 aromatic rings. The summed E-state index contributed by atoms with van der Waals surface area (Å²) >= 11 is 0. The summed E-state index contributed by atoms with van der Waals surface area (Å²) < 4.78 is 0.752. The van der Waals surface area contributed by atoms with Gasteiger partial charge in [-0.2, -0.15) is 0 Å². The molecule has 0 fully saturated rings. The molecule has 0 bridgehead atoms. The molecule has 0 aliphatic heterocycles. The van der Waals surface area contributed by atoms with Crippen molar-refractivity contribution in [1.82, 2.24) is 19.9 Å². The lowest BCUT2D eigenvalue weighted by atomic mass is 10.0. The third kappa shape index (κ3) is 3.60. The molecule has 1 unspecified atom stereocenters. The normalized spacial score (nSPS) is 12.1. The number of carbonyl (C=O) groups excluding carboxylic acids is 1. The van der Waals surface area contributed by atoms with E-state index in [0.717, 1.165) is 21.0 Å². The van der Waals surface area contributed by atoms with Gasteiger partial charge in [0.05, 0.1) is 10.9 Å². The van der Waals surface area contributed by atoms with Gasteiger partial charge in [0.25, 0.3) is 5.56 Å². The largest absolute Gasteiger partial charge is 0.480 e. The van der Waals surface area contributed by atoms with Crippen molar-refractivity contribution in [2.75, 3.05) is 0 Å². The van der Waals surface area contributed by atoms with Gasteiger partial charge >= 0.3 is 11.7 Å². The fraction of sp³-hybridized carbons (Fsp3) is 0.143. The highest BCUT2D eigenvalue weighted by Crippen LogP contribution is 2.19. The summed E-state index contributed by atoms with van der Waals surface area (Å²) in [4.78, 5) is 54.5. The predicted molar refractivity (Wildman–Crippen MR) is 110 cm³/mol. The molecule has 1 amide bonds. The number of carboxylic acid groups (broad SMARTS) is 1. The first-order chi connectivity index (χ1) is 14.4. The van der Waals surface area contributed by atoms with Crippen LogP contribution in [-0.2, 0) is 22.6 Å². The molecule has 9 heteroatoms. The van der Waals surface area contributed by atoms with Gasteiger partial charge in [0.15, 0.2) is 0 Å². The molecule has 1 atom stereocenters. The van der Waals surface area contributed by atoms with Crippen LogP contribution < -0.4 is 16.6 Å². The minimum absolute atomic E-state index is 0.0497. The van der Waals surface area contributed by atoms with Crippen LogP contribution in [0.2, 0.25) is 0 Å². The van der Waals surface area contributed by atoms with Crippen molar-refractivity contribution in [1.29, 1.82) is 0 Å². The number of nitrogens with zero attached hydrogens (tertiary/aromatic N) is 1. The Kier molecular flexibility index (Phi) is 4.93. The molecular weight excluding hydrogens is 388 g/mol. The van der Waals surface area contributed by atoms with E-state index in [1.807, 2.05) is 24.3 Å². The topological polar surface area (TPSA) is 137 Å². The molecule has 2 heterocycles. The van der Waals surface area contributed by atoms with Crippen LogP contribution in [0.15, 0.2) is 64.3 Å². The van der Waals surface area contributed by atoms with Crippen molar-refractivity contribution in [3.63, 3.8) is 0 Å². The predicted octanol–water partition coefficient (Wildman–Crippen LogP) is 0.983. The SMILES string of the molecule is O=C(Cn1c(=O)[nH]c2ccccc2c1=O)NC(Cc1c[nH]c2ccccc12)C(=O)O. The summed E-state index contributed by atoms with van der Waals surface area (Å²) in [6.45, 7) is -0.587. The van der Waals surface area contributed by atoms with Gasteiger partial charge in [-0.05, 0) is 23.8 Å². The van der Waals surface area contributed by atoms with Gasteiger partial charge in [0.2, 0.25) is 5.91 Å². The van der Waals surface area contributed by atoms with Gasteiger partial charge in [0, 0.05) is 23.5 Å². The zero-order valence-corrected chi connectivity index (χ0v) is 15.7. The van der Waals surface area contributed by atoms with E-state index in [9.17, 15) is 24.3 Å². The Hall–Kier alpha value is -4.14. The molecule has 9 nitrogen and oxygen atoms in total. The number of nitrogens with one attached hydrogen (secondary N) is 3. The number of aromatic amines is 2. The van der Waals surface area contributed by atoms with Gasteiger partial charge in [-0.1, -0.05) is 30.3 Å². The van der Waals surface area contributed by atoms with Gasteiger partial charge < -0.3 is 20.4 Å². The average molecular weight is 406 g/mol. The van der Waals surface area contributed by atoms with Crippen molar-refractivity contribution < 1.29 is 14.7 Å². The molecule has 4 N–H and O–H groups in total. The minimum atomic E-state index is -1.22. The van der Waals surface area contributed by atoms with Crippen molar-refractivity contribution in [2.45, 2.75) is 19.0 Å². The van der Waals surface area contributed by atoms with E-state index in [-0.39, 0.29) is 11.8 Å². The highest BCUT2D eigenvalue weighted by molar-refractivity contribution is 5.87. The molecule has 2 aromatic carbocycles. The van der Waals surface area contributed by atoms with Crippen LogP contribution in [0.4, 0.5) is 0 Å². The van der Waals surface area contributed by atoms with E-state index < -0.39 is 35.7 Å². The van der Waals surface area contributed by atoms with E-state index in [0.29, 0.717) is 5.52 Å². The number of carbonyl (C=O) groups is 2. The molecule has 4 rings (SSSR count). The molecule has 0 saturated carbocycles. The first-order valence-electron chi connectivity index (χ1n) is 9.23. The van der Waals surface area contributed by atoms with Gasteiger partial charge in [0.1, 0.15) is 12.6 Å². The third-order valence-corrected chi connectivity index (χ3v) is 4.92. The fourth-order valence-corrected chi connectivity index (χ4v) is 3.45. The van der Waals surface area contributed by atoms with Crippen LogP contribution in [0, 0.1) is 0 Å². The second-order valence-electron chi connectivity index (χ2n) is 6.89. The van der Waals surface area contributed by atoms with Crippen molar-refractivity contribution in [3.8, 4) is 0 Å². The summed E-state index contributed by atoms with van der Waals surface area (Å²) in [5, 5.41) is 13.1. The lowest BCUT2D eigenvalue weighted by molar-refractivity contribution is -0.141.